The van der Waals surface area contributed by atoms with Crippen LogP contribution in [0.5, 0.6) is 0 Å². The predicted molar refractivity (Wildman–Crippen MR) is 205 cm³/mol. The van der Waals surface area contributed by atoms with Crippen molar-refractivity contribution in [2.75, 3.05) is 0 Å². The standard InChI is InChI=1S/C44H86/c1-4-7-10-13-16-18-20-21-22-23-24-25-26-27-28-29-30-32-34-37-40-43-44(41-38-35-15-12-9-6-3)42-39-36-33-31-19-17-14-11-8-5-2/h4,42H,1,5-41,43H2,2-3H3. The molecule has 0 atom stereocenters. The van der Waals surface area contributed by atoms with Crippen LogP contribution < -0.4 is 0 Å². The van der Waals surface area contributed by atoms with Crippen molar-refractivity contribution in [1.82, 2.24) is 0 Å². The van der Waals surface area contributed by atoms with Crippen LogP contribution in [0.3, 0.4) is 0 Å². The first kappa shape index (κ1) is 43.5. The van der Waals surface area contributed by atoms with Gasteiger partial charge in [-0.3, -0.25) is 0 Å². The minimum absolute atomic E-state index is 1.21. The zero-order chi connectivity index (χ0) is 31.9. The van der Waals surface area contributed by atoms with E-state index in [2.05, 4.69) is 32.6 Å². The van der Waals surface area contributed by atoms with Gasteiger partial charge < -0.3 is 0 Å². The van der Waals surface area contributed by atoms with Crippen LogP contribution in [0.4, 0.5) is 0 Å². The second-order valence-electron chi connectivity index (χ2n) is 14.5. The normalized spacial score (nSPS) is 11.9. The smallest absolute Gasteiger partial charge is 0.0320 e. The predicted octanol–water partition coefficient (Wildman–Crippen LogP) is 17.0. The molecule has 0 nitrogen and oxygen atoms in total. The van der Waals surface area contributed by atoms with Gasteiger partial charge in [-0.2, -0.15) is 0 Å². The number of rotatable bonds is 39. The van der Waals surface area contributed by atoms with E-state index in [1.54, 1.807) is 0 Å². The summed E-state index contributed by atoms with van der Waals surface area (Å²) in [6.07, 6.45) is 59.4. The molecule has 0 saturated carbocycles. The van der Waals surface area contributed by atoms with Gasteiger partial charge in [-0.25, -0.2) is 0 Å². The summed E-state index contributed by atoms with van der Waals surface area (Å²) in [6.45, 7) is 8.46. The van der Waals surface area contributed by atoms with Gasteiger partial charge in [0.2, 0.25) is 0 Å². The molecule has 0 spiro atoms. The Kier molecular flexibility index (Phi) is 40.0. The molecule has 0 rings (SSSR count). The van der Waals surface area contributed by atoms with E-state index in [1.165, 1.54) is 244 Å². The highest BCUT2D eigenvalue weighted by Crippen LogP contribution is 2.21. The first-order chi connectivity index (χ1) is 21.8. The summed E-state index contributed by atoms with van der Waals surface area (Å²) in [5, 5.41) is 0. The molecule has 44 heavy (non-hydrogen) atoms. The Balaban J connectivity index is 3.69. The molecule has 0 bridgehead atoms. The van der Waals surface area contributed by atoms with Crippen LogP contribution in [0.2, 0.25) is 0 Å². The zero-order valence-corrected chi connectivity index (χ0v) is 31.2. The lowest BCUT2D eigenvalue weighted by atomic mass is 9.97. The summed E-state index contributed by atoms with van der Waals surface area (Å²) in [4.78, 5) is 0. The molecule has 262 valence electrons. The van der Waals surface area contributed by atoms with Crippen LogP contribution in [0.1, 0.15) is 258 Å². The van der Waals surface area contributed by atoms with E-state index < -0.39 is 0 Å². The highest BCUT2D eigenvalue weighted by molar-refractivity contribution is 5.02. The van der Waals surface area contributed by atoms with Crippen LogP contribution in [0.25, 0.3) is 0 Å². The van der Waals surface area contributed by atoms with E-state index in [1.807, 2.05) is 5.57 Å². The van der Waals surface area contributed by atoms with Crippen molar-refractivity contribution in [1.29, 1.82) is 0 Å². The second-order valence-corrected chi connectivity index (χ2v) is 14.5. The summed E-state index contributed by atoms with van der Waals surface area (Å²) in [5.74, 6) is 0. The molecule has 0 aliphatic carbocycles. The molecule has 0 amide bonds. The number of hydrogen-bond acceptors (Lipinski definition) is 0. The van der Waals surface area contributed by atoms with Crippen molar-refractivity contribution in [3.8, 4) is 0 Å². The van der Waals surface area contributed by atoms with Crippen LogP contribution in [0, 0.1) is 0 Å². The Bertz CT molecular complexity index is 542. The molecule has 0 aliphatic rings. The van der Waals surface area contributed by atoms with Gasteiger partial charge >= 0.3 is 0 Å². The molecule has 0 aromatic heterocycles. The second kappa shape index (κ2) is 40.5. The lowest BCUT2D eigenvalue weighted by molar-refractivity contribution is 0.521. The lowest BCUT2D eigenvalue weighted by Crippen LogP contribution is -1.89. The monoisotopic (exact) mass is 615 g/mol. The summed E-state index contributed by atoms with van der Waals surface area (Å²) >= 11 is 0. The third kappa shape index (κ3) is 37.7. The van der Waals surface area contributed by atoms with Crippen molar-refractivity contribution in [3.63, 3.8) is 0 Å². The maximum atomic E-state index is 3.81. The highest BCUT2D eigenvalue weighted by Gasteiger charge is 2.01. The minimum atomic E-state index is 1.21. The van der Waals surface area contributed by atoms with E-state index >= 15 is 0 Å². The van der Waals surface area contributed by atoms with Gasteiger partial charge in [-0.05, 0) is 51.4 Å². The van der Waals surface area contributed by atoms with E-state index in [0.29, 0.717) is 0 Å². The van der Waals surface area contributed by atoms with Gasteiger partial charge in [-0.1, -0.05) is 224 Å². The molecule has 0 radical (unpaired) electrons. The molecular weight excluding hydrogens is 528 g/mol. The van der Waals surface area contributed by atoms with E-state index in [9.17, 15) is 0 Å². The van der Waals surface area contributed by atoms with Crippen molar-refractivity contribution in [2.45, 2.75) is 258 Å². The van der Waals surface area contributed by atoms with Crippen molar-refractivity contribution >= 4 is 0 Å². The van der Waals surface area contributed by atoms with Crippen molar-refractivity contribution in [3.05, 3.63) is 24.3 Å². The summed E-state index contributed by atoms with van der Waals surface area (Å²) in [7, 11) is 0. The van der Waals surface area contributed by atoms with E-state index in [0.717, 1.165) is 0 Å². The molecule has 0 heterocycles. The molecule has 0 fully saturated rings. The summed E-state index contributed by atoms with van der Waals surface area (Å²) < 4.78 is 0. The maximum Gasteiger partial charge on any atom is -0.0320 e. The summed E-state index contributed by atoms with van der Waals surface area (Å²) in [6, 6.07) is 0. The van der Waals surface area contributed by atoms with Gasteiger partial charge in [0.25, 0.3) is 0 Å². The average Bonchev–Trinajstić information content (AvgIpc) is 3.03. The topological polar surface area (TPSA) is 0 Å². The van der Waals surface area contributed by atoms with Crippen LogP contribution in [-0.2, 0) is 0 Å². The molecule has 0 saturated heterocycles. The van der Waals surface area contributed by atoms with E-state index in [-0.39, 0.29) is 0 Å². The van der Waals surface area contributed by atoms with E-state index in [4.69, 9.17) is 0 Å². The van der Waals surface area contributed by atoms with Gasteiger partial charge in [-0.15, -0.1) is 6.58 Å². The first-order valence-corrected chi connectivity index (χ1v) is 21.1. The Hall–Kier alpha value is -0.520. The summed E-state index contributed by atoms with van der Waals surface area (Å²) in [5.41, 5.74) is 1.81. The zero-order valence-electron chi connectivity index (χ0n) is 31.2. The number of allylic oxidation sites excluding steroid dienone is 3. The average molecular weight is 615 g/mol. The largest absolute Gasteiger partial charge is 0.103 e. The molecule has 0 aromatic rings. The quantitative estimate of drug-likeness (QED) is 0.0477. The maximum absolute atomic E-state index is 3.81. The minimum Gasteiger partial charge on any atom is -0.103 e. The molecule has 0 unspecified atom stereocenters. The molecule has 0 N–H and O–H groups in total. The van der Waals surface area contributed by atoms with Gasteiger partial charge in [0.05, 0.1) is 0 Å². The third-order valence-electron chi connectivity index (χ3n) is 10.00. The third-order valence-corrected chi connectivity index (χ3v) is 10.00. The fourth-order valence-corrected chi connectivity index (χ4v) is 6.87. The molecule has 0 heteroatoms. The van der Waals surface area contributed by atoms with Crippen molar-refractivity contribution in [2.24, 2.45) is 0 Å². The Morgan fingerprint density at radius 3 is 0.864 bits per heavy atom. The Morgan fingerprint density at radius 1 is 0.318 bits per heavy atom. The van der Waals surface area contributed by atoms with Crippen LogP contribution in [-0.4, -0.2) is 0 Å². The van der Waals surface area contributed by atoms with Gasteiger partial charge in [0, 0.05) is 0 Å². The molecule has 0 aromatic carbocycles. The fraction of sp³-hybridized carbons (Fsp3) is 0.909. The van der Waals surface area contributed by atoms with Crippen molar-refractivity contribution < 1.29 is 0 Å². The Labute approximate surface area is 281 Å². The Morgan fingerprint density at radius 2 is 0.568 bits per heavy atom. The number of unbranched alkanes of at least 4 members (excludes halogenated alkanes) is 33. The van der Waals surface area contributed by atoms with Gasteiger partial charge in [0.15, 0.2) is 0 Å². The van der Waals surface area contributed by atoms with Gasteiger partial charge in [0.1, 0.15) is 0 Å². The fourth-order valence-electron chi connectivity index (χ4n) is 6.87. The first-order valence-electron chi connectivity index (χ1n) is 21.1. The molecule has 0 aliphatic heterocycles. The number of hydrogen-bond donors (Lipinski definition) is 0. The molecular formula is C44H86. The lowest BCUT2D eigenvalue weighted by Gasteiger charge is -2.09. The SMILES string of the molecule is C=CCCCCCCCCCCCCCCCCCCCCCC(=CCCCCCCCCCCC)CCCCCCCC. The highest BCUT2D eigenvalue weighted by atomic mass is 14.1. The van der Waals surface area contributed by atoms with Crippen LogP contribution in [0.15, 0.2) is 24.3 Å². The van der Waals surface area contributed by atoms with Crippen LogP contribution >= 0.6 is 0 Å².